The van der Waals surface area contributed by atoms with E-state index < -0.39 is 10.0 Å². The molecule has 6 heteroatoms. The molecule has 1 heterocycles. The molecule has 0 unspecified atom stereocenters. The molecule has 110 valence electrons. The highest BCUT2D eigenvalue weighted by atomic mass is 32.2. The van der Waals surface area contributed by atoms with Gasteiger partial charge >= 0.3 is 0 Å². The van der Waals surface area contributed by atoms with Crippen molar-refractivity contribution < 1.29 is 13.2 Å². The van der Waals surface area contributed by atoms with Crippen molar-refractivity contribution in [3.05, 3.63) is 60.3 Å². The van der Waals surface area contributed by atoms with Crippen LogP contribution in [0.4, 0.5) is 5.82 Å². The maximum absolute atomic E-state index is 12.3. The summed E-state index contributed by atoms with van der Waals surface area (Å²) in [5, 5.41) is 0. The molecule has 21 heavy (non-hydrogen) atoms. The van der Waals surface area contributed by atoms with Gasteiger partial charge < -0.3 is 4.74 Å². The van der Waals surface area contributed by atoms with Crippen molar-refractivity contribution in [3.63, 3.8) is 0 Å². The van der Waals surface area contributed by atoms with Gasteiger partial charge in [-0.25, -0.2) is 13.4 Å². The lowest BCUT2D eigenvalue weighted by Gasteiger charge is -2.09. The highest BCUT2D eigenvalue weighted by molar-refractivity contribution is 7.92. The molecule has 1 N–H and O–H groups in total. The standard InChI is InChI=1S/C15H16N2O3S/c1-11-4-6-14(7-5-11)21(18,19)17-15-10-13(8-9-16-15)12(2)20-3/h4-10H,2H2,1,3H3,(H,16,17). The van der Waals surface area contributed by atoms with Crippen LogP contribution in [0.25, 0.3) is 5.76 Å². The molecule has 0 bridgehead atoms. The Morgan fingerprint density at radius 1 is 1.24 bits per heavy atom. The fourth-order valence-corrected chi connectivity index (χ4v) is 2.69. The van der Waals surface area contributed by atoms with Crippen LogP contribution in [-0.2, 0) is 14.8 Å². The third kappa shape index (κ3) is 3.61. The van der Waals surface area contributed by atoms with Gasteiger partial charge in [0.15, 0.2) is 0 Å². The van der Waals surface area contributed by atoms with Crippen LogP contribution in [0.5, 0.6) is 0 Å². The number of anilines is 1. The van der Waals surface area contributed by atoms with Crippen LogP contribution in [0.3, 0.4) is 0 Å². The quantitative estimate of drug-likeness (QED) is 0.862. The lowest BCUT2D eigenvalue weighted by Crippen LogP contribution is -2.14. The maximum atomic E-state index is 12.3. The Kier molecular flexibility index (Phi) is 4.28. The summed E-state index contributed by atoms with van der Waals surface area (Å²) in [5.41, 5.74) is 1.65. The van der Waals surface area contributed by atoms with Crippen molar-refractivity contribution >= 4 is 21.6 Å². The zero-order valence-electron chi connectivity index (χ0n) is 11.8. The third-order valence-electron chi connectivity index (χ3n) is 2.90. The zero-order valence-corrected chi connectivity index (χ0v) is 12.6. The summed E-state index contributed by atoms with van der Waals surface area (Å²) in [6.07, 6.45) is 1.49. The van der Waals surface area contributed by atoms with Gasteiger partial charge in [0.1, 0.15) is 11.6 Å². The molecule has 0 fully saturated rings. The van der Waals surface area contributed by atoms with E-state index >= 15 is 0 Å². The molecule has 0 aliphatic carbocycles. The number of nitrogens with zero attached hydrogens (tertiary/aromatic N) is 1. The maximum Gasteiger partial charge on any atom is 0.263 e. The second-order valence-corrected chi connectivity index (χ2v) is 6.16. The van der Waals surface area contributed by atoms with Crippen LogP contribution in [-0.4, -0.2) is 20.5 Å². The Morgan fingerprint density at radius 2 is 1.90 bits per heavy atom. The molecule has 1 aromatic heterocycles. The van der Waals surface area contributed by atoms with E-state index in [1.807, 2.05) is 6.92 Å². The van der Waals surface area contributed by atoms with Crippen LogP contribution < -0.4 is 4.72 Å². The minimum absolute atomic E-state index is 0.186. The highest BCUT2D eigenvalue weighted by Gasteiger charge is 2.15. The van der Waals surface area contributed by atoms with Crippen LogP contribution in [0.1, 0.15) is 11.1 Å². The Hall–Kier alpha value is -2.34. The fraction of sp³-hybridized carbons (Fsp3) is 0.133. The number of pyridine rings is 1. The average molecular weight is 304 g/mol. The van der Waals surface area contributed by atoms with E-state index in [-0.39, 0.29) is 10.7 Å². The Bertz CT molecular complexity index is 753. The SMILES string of the molecule is C=C(OC)c1ccnc(NS(=O)(=O)c2ccc(C)cc2)c1. The number of rotatable bonds is 5. The summed E-state index contributed by atoms with van der Waals surface area (Å²) < 4.78 is 32.0. The summed E-state index contributed by atoms with van der Waals surface area (Å²) in [6, 6.07) is 9.84. The van der Waals surface area contributed by atoms with E-state index in [0.717, 1.165) is 5.56 Å². The van der Waals surface area contributed by atoms with Gasteiger partial charge in [0.2, 0.25) is 0 Å². The smallest absolute Gasteiger partial charge is 0.263 e. The second-order valence-electron chi connectivity index (χ2n) is 4.48. The molecule has 2 aromatic rings. The lowest BCUT2D eigenvalue weighted by atomic mass is 10.2. The van der Waals surface area contributed by atoms with Crippen LogP contribution >= 0.6 is 0 Å². The Morgan fingerprint density at radius 3 is 2.52 bits per heavy atom. The number of methoxy groups -OCH3 is 1. The van der Waals surface area contributed by atoms with Crippen molar-refractivity contribution in [2.75, 3.05) is 11.8 Å². The summed E-state index contributed by atoms with van der Waals surface area (Å²) in [5.74, 6) is 0.652. The predicted molar refractivity (Wildman–Crippen MR) is 82.3 cm³/mol. The summed E-state index contributed by atoms with van der Waals surface area (Å²) in [6.45, 7) is 5.62. The van der Waals surface area contributed by atoms with E-state index in [4.69, 9.17) is 4.74 Å². The van der Waals surface area contributed by atoms with Gasteiger partial charge in [0.25, 0.3) is 10.0 Å². The number of aromatic nitrogens is 1. The molecule has 0 aliphatic rings. The third-order valence-corrected chi connectivity index (χ3v) is 4.27. The number of benzene rings is 1. The van der Waals surface area contributed by atoms with Crippen molar-refractivity contribution in [1.29, 1.82) is 0 Å². The molecule has 0 spiro atoms. The number of hydrogen-bond donors (Lipinski definition) is 1. The monoisotopic (exact) mass is 304 g/mol. The molecule has 0 saturated carbocycles. The predicted octanol–water partition coefficient (Wildman–Crippen LogP) is 2.81. The molecule has 0 saturated heterocycles. The molecule has 1 aromatic carbocycles. The van der Waals surface area contributed by atoms with E-state index in [1.54, 1.807) is 36.4 Å². The van der Waals surface area contributed by atoms with Gasteiger partial charge in [0, 0.05) is 11.8 Å². The number of hydrogen-bond acceptors (Lipinski definition) is 4. The van der Waals surface area contributed by atoms with Gasteiger partial charge in [-0.1, -0.05) is 24.3 Å². The minimum atomic E-state index is -3.66. The molecule has 0 aliphatic heterocycles. The van der Waals surface area contributed by atoms with Crippen LogP contribution in [0, 0.1) is 6.92 Å². The van der Waals surface area contributed by atoms with E-state index in [1.165, 1.54) is 13.3 Å². The van der Waals surface area contributed by atoms with Gasteiger partial charge in [-0.3, -0.25) is 4.72 Å². The summed E-state index contributed by atoms with van der Waals surface area (Å²) >= 11 is 0. The first kappa shape index (κ1) is 15.1. The molecule has 0 amide bonds. The highest BCUT2D eigenvalue weighted by Crippen LogP contribution is 2.19. The van der Waals surface area contributed by atoms with Gasteiger partial charge in [-0.15, -0.1) is 0 Å². The van der Waals surface area contributed by atoms with Crippen LogP contribution in [0.2, 0.25) is 0 Å². The van der Waals surface area contributed by atoms with E-state index in [9.17, 15) is 8.42 Å². The number of aryl methyl sites for hydroxylation is 1. The van der Waals surface area contributed by atoms with Crippen molar-refractivity contribution in [3.8, 4) is 0 Å². The number of ether oxygens (including phenoxy) is 1. The van der Waals surface area contributed by atoms with Gasteiger partial charge in [0.05, 0.1) is 12.0 Å². The first-order valence-electron chi connectivity index (χ1n) is 6.21. The summed E-state index contributed by atoms with van der Waals surface area (Å²) in [7, 11) is -2.16. The summed E-state index contributed by atoms with van der Waals surface area (Å²) in [4.78, 5) is 4.18. The normalized spacial score (nSPS) is 11.0. The van der Waals surface area contributed by atoms with Crippen molar-refractivity contribution in [2.24, 2.45) is 0 Å². The number of sulfonamides is 1. The van der Waals surface area contributed by atoms with Crippen molar-refractivity contribution in [1.82, 2.24) is 4.98 Å². The van der Waals surface area contributed by atoms with Gasteiger partial charge in [-0.2, -0.15) is 0 Å². The van der Waals surface area contributed by atoms with E-state index in [2.05, 4.69) is 16.3 Å². The average Bonchev–Trinajstić information content (AvgIpc) is 2.46. The lowest BCUT2D eigenvalue weighted by molar-refractivity contribution is 0.371. The minimum Gasteiger partial charge on any atom is -0.497 e. The largest absolute Gasteiger partial charge is 0.497 e. The van der Waals surface area contributed by atoms with Gasteiger partial charge in [-0.05, 0) is 31.2 Å². The molecule has 5 nitrogen and oxygen atoms in total. The number of nitrogens with one attached hydrogen (secondary N) is 1. The molecule has 0 atom stereocenters. The van der Waals surface area contributed by atoms with Crippen LogP contribution in [0.15, 0.2) is 54.1 Å². The first-order valence-corrected chi connectivity index (χ1v) is 7.69. The first-order chi connectivity index (χ1) is 9.92. The topological polar surface area (TPSA) is 68.3 Å². The zero-order chi connectivity index (χ0) is 15.5. The second kappa shape index (κ2) is 5.97. The molecular weight excluding hydrogens is 288 g/mol. The Balaban J connectivity index is 2.28. The van der Waals surface area contributed by atoms with Crippen molar-refractivity contribution in [2.45, 2.75) is 11.8 Å². The molecular formula is C15H16N2O3S. The molecule has 2 rings (SSSR count). The van der Waals surface area contributed by atoms with E-state index in [0.29, 0.717) is 11.3 Å². The molecule has 0 radical (unpaired) electrons. The Labute approximate surface area is 124 Å². The fourth-order valence-electron chi connectivity index (χ4n) is 1.69.